The van der Waals surface area contributed by atoms with E-state index in [1.54, 1.807) is 0 Å². The molecule has 0 unspecified atom stereocenters. The second-order valence-electron chi connectivity index (χ2n) is 5.80. The van der Waals surface area contributed by atoms with Gasteiger partial charge in [0.2, 0.25) is 0 Å². The molecule has 0 radical (unpaired) electrons. The van der Waals surface area contributed by atoms with Gasteiger partial charge in [-0.1, -0.05) is 41.6 Å². The third kappa shape index (κ3) is 3.19. The van der Waals surface area contributed by atoms with Crippen molar-refractivity contribution in [2.24, 2.45) is 0 Å². The maximum Gasteiger partial charge on any atom is 0.263 e. The number of aromatic nitrogens is 4. The van der Waals surface area contributed by atoms with Gasteiger partial charge in [-0.05, 0) is 24.6 Å². The largest absolute Gasteiger partial charge is 0.362 e. The first-order chi connectivity index (χ1) is 12.3. The molecule has 0 aliphatic rings. The molecule has 25 heavy (non-hydrogen) atoms. The van der Waals surface area contributed by atoms with E-state index in [-0.39, 0.29) is 6.04 Å². The Bertz CT molecular complexity index is 969. The van der Waals surface area contributed by atoms with E-state index in [9.17, 15) is 0 Å². The number of anilines is 1. The Labute approximate surface area is 144 Å². The van der Waals surface area contributed by atoms with Crippen molar-refractivity contribution < 1.29 is 4.52 Å². The minimum absolute atomic E-state index is 0.0171. The second kappa shape index (κ2) is 6.68. The van der Waals surface area contributed by atoms with Crippen molar-refractivity contribution in [1.82, 2.24) is 20.1 Å². The van der Waals surface area contributed by atoms with Crippen molar-refractivity contribution in [3.05, 3.63) is 78.0 Å². The van der Waals surface area contributed by atoms with E-state index < -0.39 is 0 Å². The zero-order valence-corrected chi connectivity index (χ0v) is 13.8. The Morgan fingerprint density at radius 3 is 2.64 bits per heavy atom. The highest BCUT2D eigenvalue weighted by Crippen LogP contribution is 2.28. The number of nitrogens with one attached hydrogen (secondary N) is 1. The van der Waals surface area contributed by atoms with Crippen LogP contribution in [0.3, 0.4) is 0 Å². The van der Waals surface area contributed by atoms with Crippen LogP contribution >= 0.6 is 0 Å². The van der Waals surface area contributed by atoms with Crippen LogP contribution in [0.25, 0.3) is 11.1 Å². The Hall–Kier alpha value is -3.28. The fourth-order valence-corrected chi connectivity index (χ4v) is 2.86. The smallest absolute Gasteiger partial charge is 0.263 e. The molecule has 3 heterocycles. The molecule has 0 bridgehead atoms. The third-order valence-electron chi connectivity index (χ3n) is 4.10. The lowest BCUT2D eigenvalue weighted by atomic mass is 10.0. The molecule has 0 spiro atoms. The van der Waals surface area contributed by atoms with Gasteiger partial charge in [-0.25, -0.2) is 4.98 Å². The quantitative estimate of drug-likeness (QED) is 0.600. The van der Waals surface area contributed by atoms with E-state index in [4.69, 9.17) is 4.52 Å². The summed E-state index contributed by atoms with van der Waals surface area (Å²) >= 11 is 0. The second-order valence-corrected chi connectivity index (χ2v) is 5.80. The molecule has 1 aromatic carbocycles. The van der Waals surface area contributed by atoms with Crippen LogP contribution in [0.1, 0.15) is 23.0 Å². The summed E-state index contributed by atoms with van der Waals surface area (Å²) in [5.74, 6) is 0.716. The summed E-state index contributed by atoms with van der Waals surface area (Å²) in [7, 11) is 0. The molecule has 0 amide bonds. The zero-order valence-electron chi connectivity index (χ0n) is 13.8. The Kier molecular flexibility index (Phi) is 4.08. The average Bonchev–Trinajstić information content (AvgIpc) is 3.05. The van der Waals surface area contributed by atoms with Gasteiger partial charge in [0.15, 0.2) is 0 Å². The standard InChI is InChI=1S/C19H17N5O/c1-13-17-18(21-12-22-19(17)25-24-13)23-16(14-7-3-2-4-8-14)11-15-9-5-6-10-20-15/h2-10,12,16H,11H2,1H3,(H,21,22,23)/t16-/m1/s1. The summed E-state index contributed by atoms with van der Waals surface area (Å²) < 4.78 is 5.24. The minimum Gasteiger partial charge on any atom is -0.362 e. The molecule has 1 N–H and O–H groups in total. The Morgan fingerprint density at radius 2 is 1.84 bits per heavy atom. The Morgan fingerprint density at radius 1 is 1.00 bits per heavy atom. The molecule has 4 aromatic rings. The first-order valence-corrected chi connectivity index (χ1v) is 8.09. The SMILES string of the molecule is Cc1noc2ncnc(N[C@H](Cc3ccccn3)c3ccccc3)c12. The van der Waals surface area contributed by atoms with Crippen molar-refractivity contribution >= 4 is 16.9 Å². The summed E-state index contributed by atoms with van der Waals surface area (Å²) in [5, 5.41) is 8.32. The number of rotatable bonds is 5. The summed E-state index contributed by atoms with van der Waals surface area (Å²) in [5.41, 5.74) is 3.42. The number of hydrogen-bond acceptors (Lipinski definition) is 6. The van der Waals surface area contributed by atoms with Crippen LogP contribution < -0.4 is 5.32 Å². The van der Waals surface area contributed by atoms with Gasteiger partial charge < -0.3 is 9.84 Å². The number of hydrogen-bond donors (Lipinski definition) is 1. The molecule has 3 aromatic heterocycles. The van der Waals surface area contributed by atoms with E-state index >= 15 is 0 Å². The van der Waals surface area contributed by atoms with Crippen LogP contribution in [0.5, 0.6) is 0 Å². The fourth-order valence-electron chi connectivity index (χ4n) is 2.86. The number of benzene rings is 1. The molecule has 6 nitrogen and oxygen atoms in total. The van der Waals surface area contributed by atoms with E-state index in [1.807, 2.05) is 49.5 Å². The average molecular weight is 331 g/mol. The van der Waals surface area contributed by atoms with E-state index in [2.05, 4.69) is 37.6 Å². The topological polar surface area (TPSA) is 76.7 Å². The van der Waals surface area contributed by atoms with Crippen LogP contribution in [0, 0.1) is 6.92 Å². The molecule has 0 aliphatic carbocycles. The van der Waals surface area contributed by atoms with Crippen LogP contribution in [0.2, 0.25) is 0 Å². The van der Waals surface area contributed by atoms with Gasteiger partial charge in [-0.3, -0.25) is 4.98 Å². The summed E-state index contributed by atoms with van der Waals surface area (Å²) in [6, 6.07) is 16.2. The van der Waals surface area contributed by atoms with Gasteiger partial charge in [0.05, 0.1) is 11.7 Å². The highest BCUT2D eigenvalue weighted by Gasteiger charge is 2.18. The first kappa shape index (κ1) is 15.3. The predicted octanol–water partition coefficient (Wildman–Crippen LogP) is 3.72. The number of aryl methyl sites for hydroxylation is 1. The first-order valence-electron chi connectivity index (χ1n) is 8.09. The molecular formula is C19H17N5O. The maximum absolute atomic E-state index is 5.24. The normalized spacial score (nSPS) is 12.2. The lowest BCUT2D eigenvalue weighted by Crippen LogP contribution is -2.15. The lowest BCUT2D eigenvalue weighted by Gasteiger charge is -2.20. The third-order valence-corrected chi connectivity index (χ3v) is 4.10. The molecule has 0 saturated heterocycles. The Balaban J connectivity index is 1.72. The van der Waals surface area contributed by atoms with Gasteiger partial charge in [0.1, 0.15) is 17.5 Å². The van der Waals surface area contributed by atoms with Crippen molar-refractivity contribution in [3.63, 3.8) is 0 Å². The molecule has 0 aliphatic heterocycles. The van der Waals surface area contributed by atoms with Crippen molar-refractivity contribution in [2.45, 2.75) is 19.4 Å². The van der Waals surface area contributed by atoms with Crippen LogP contribution in [-0.4, -0.2) is 20.1 Å². The van der Waals surface area contributed by atoms with Crippen LogP contribution in [0.15, 0.2) is 65.6 Å². The highest BCUT2D eigenvalue weighted by molar-refractivity contribution is 5.87. The zero-order chi connectivity index (χ0) is 17.1. The van der Waals surface area contributed by atoms with Crippen LogP contribution in [-0.2, 0) is 6.42 Å². The fraction of sp³-hybridized carbons (Fsp3) is 0.158. The number of nitrogens with zero attached hydrogens (tertiary/aromatic N) is 4. The maximum atomic E-state index is 5.24. The van der Waals surface area contributed by atoms with Gasteiger partial charge in [-0.15, -0.1) is 0 Å². The molecule has 0 saturated carbocycles. The molecule has 4 rings (SSSR count). The van der Waals surface area contributed by atoms with Gasteiger partial charge >= 0.3 is 0 Å². The van der Waals surface area contributed by atoms with E-state index in [0.717, 1.165) is 28.8 Å². The molecule has 0 fully saturated rings. The highest BCUT2D eigenvalue weighted by atomic mass is 16.5. The van der Waals surface area contributed by atoms with Crippen molar-refractivity contribution in [3.8, 4) is 0 Å². The number of pyridine rings is 1. The number of fused-ring (bicyclic) bond motifs is 1. The molecule has 1 atom stereocenters. The van der Waals surface area contributed by atoms with Crippen LogP contribution in [0.4, 0.5) is 5.82 Å². The molecule has 124 valence electrons. The van der Waals surface area contributed by atoms with Gasteiger partial charge in [-0.2, -0.15) is 4.98 Å². The predicted molar refractivity (Wildman–Crippen MR) is 95.1 cm³/mol. The summed E-state index contributed by atoms with van der Waals surface area (Å²) in [6.45, 7) is 1.89. The van der Waals surface area contributed by atoms with Crippen molar-refractivity contribution in [1.29, 1.82) is 0 Å². The van der Waals surface area contributed by atoms with Crippen molar-refractivity contribution in [2.75, 3.05) is 5.32 Å². The van der Waals surface area contributed by atoms with E-state index in [0.29, 0.717) is 11.5 Å². The summed E-state index contributed by atoms with van der Waals surface area (Å²) in [6.07, 6.45) is 4.03. The summed E-state index contributed by atoms with van der Waals surface area (Å²) in [4.78, 5) is 13.0. The van der Waals surface area contributed by atoms with Gasteiger partial charge in [0, 0.05) is 18.3 Å². The molecule has 6 heteroatoms. The van der Waals surface area contributed by atoms with E-state index in [1.165, 1.54) is 6.33 Å². The lowest BCUT2D eigenvalue weighted by molar-refractivity contribution is 0.442. The molecular weight excluding hydrogens is 314 g/mol. The monoisotopic (exact) mass is 331 g/mol. The van der Waals surface area contributed by atoms with Gasteiger partial charge in [0.25, 0.3) is 5.71 Å². The minimum atomic E-state index is 0.0171.